The van der Waals surface area contributed by atoms with Gasteiger partial charge in [-0.15, -0.1) is 0 Å². The second-order valence-electron chi connectivity index (χ2n) is 3.26. The van der Waals surface area contributed by atoms with E-state index in [-0.39, 0.29) is 0 Å². The summed E-state index contributed by atoms with van der Waals surface area (Å²) in [6.45, 7) is 1.93. The summed E-state index contributed by atoms with van der Waals surface area (Å²) in [4.78, 5) is 19.0. The number of carbonyl (C=O) groups is 1. The van der Waals surface area contributed by atoms with E-state index in [1.807, 2.05) is 25.1 Å². The second kappa shape index (κ2) is 4.00. The minimum absolute atomic E-state index is 0.575. The highest BCUT2D eigenvalue weighted by atomic mass is 16.1. The molecule has 3 nitrogen and oxygen atoms in total. The maximum atomic E-state index is 10.5. The third-order valence-electron chi connectivity index (χ3n) is 2.07. The molecule has 0 N–H and O–H groups in total. The van der Waals surface area contributed by atoms with Crippen molar-refractivity contribution in [1.82, 2.24) is 9.97 Å². The summed E-state index contributed by atoms with van der Waals surface area (Å²) < 4.78 is 0. The Morgan fingerprint density at radius 3 is 2.60 bits per heavy atom. The summed E-state index contributed by atoms with van der Waals surface area (Å²) in [6, 6.07) is 9.30. The van der Waals surface area contributed by atoms with E-state index >= 15 is 0 Å². The van der Waals surface area contributed by atoms with Gasteiger partial charge in [0.1, 0.15) is 0 Å². The zero-order valence-corrected chi connectivity index (χ0v) is 8.34. The maximum absolute atomic E-state index is 10.5. The highest BCUT2D eigenvalue weighted by Crippen LogP contribution is 2.14. The molecule has 15 heavy (non-hydrogen) atoms. The van der Waals surface area contributed by atoms with Gasteiger partial charge < -0.3 is 0 Å². The molecule has 0 saturated heterocycles. The van der Waals surface area contributed by atoms with E-state index in [4.69, 9.17) is 0 Å². The molecule has 2 aromatic heterocycles. The monoisotopic (exact) mass is 198 g/mol. The molecule has 0 spiro atoms. The first-order valence-corrected chi connectivity index (χ1v) is 4.65. The van der Waals surface area contributed by atoms with Gasteiger partial charge in [0, 0.05) is 17.5 Å². The van der Waals surface area contributed by atoms with Crippen molar-refractivity contribution in [2.45, 2.75) is 6.92 Å². The molecule has 2 aromatic rings. The molecule has 74 valence electrons. The number of hydrogen-bond donors (Lipinski definition) is 0. The number of pyridine rings is 2. The molecule has 2 heterocycles. The average Bonchev–Trinajstić information content (AvgIpc) is 2.29. The molecule has 3 heteroatoms. The fourth-order valence-corrected chi connectivity index (χ4v) is 1.31. The number of carbonyl (C=O) groups excluding carboxylic acids is 1. The zero-order chi connectivity index (χ0) is 10.7. The number of rotatable bonds is 2. The van der Waals surface area contributed by atoms with Gasteiger partial charge in [0.05, 0.1) is 11.4 Å². The summed E-state index contributed by atoms with van der Waals surface area (Å²) in [7, 11) is 0. The van der Waals surface area contributed by atoms with Crippen LogP contribution < -0.4 is 0 Å². The Hall–Kier alpha value is -2.03. The Kier molecular flexibility index (Phi) is 2.54. The number of aryl methyl sites for hydroxylation is 1. The molecule has 0 unspecified atom stereocenters. The Morgan fingerprint density at radius 1 is 1.13 bits per heavy atom. The van der Waals surface area contributed by atoms with Crippen LogP contribution in [0.15, 0.2) is 36.5 Å². The Morgan fingerprint density at radius 2 is 2.00 bits per heavy atom. The predicted molar refractivity (Wildman–Crippen MR) is 57.6 cm³/mol. The van der Waals surface area contributed by atoms with E-state index in [9.17, 15) is 4.79 Å². The normalized spacial score (nSPS) is 9.93. The van der Waals surface area contributed by atoms with Crippen LogP contribution in [0.25, 0.3) is 11.4 Å². The summed E-state index contributed by atoms with van der Waals surface area (Å²) in [5, 5.41) is 0. The number of aromatic nitrogens is 2. The average molecular weight is 198 g/mol. The van der Waals surface area contributed by atoms with Gasteiger partial charge in [-0.1, -0.05) is 6.07 Å². The van der Waals surface area contributed by atoms with Gasteiger partial charge in [-0.05, 0) is 31.2 Å². The quantitative estimate of drug-likeness (QED) is 0.695. The van der Waals surface area contributed by atoms with Crippen molar-refractivity contribution < 1.29 is 4.79 Å². The van der Waals surface area contributed by atoms with Gasteiger partial charge in [-0.3, -0.25) is 14.8 Å². The van der Waals surface area contributed by atoms with Crippen LogP contribution in [0.1, 0.15) is 16.1 Å². The summed E-state index contributed by atoms with van der Waals surface area (Å²) in [6.07, 6.45) is 2.33. The molecular weight excluding hydrogens is 188 g/mol. The molecular formula is C12H10N2O. The zero-order valence-electron chi connectivity index (χ0n) is 8.34. The number of aldehydes is 1. The van der Waals surface area contributed by atoms with Gasteiger partial charge in [0.15, 0.2) is 6.29 Å². The standard InChI is InChI=1S/C12H10N2O/c1-9-3-2-4-12(14-9)11-6-5-10(8-15)7-13-11/h2-8H,1H3. The van der Waals surface area contributed by atoms with E-state index < -0.39 is 0 Å². The first-order valence-electron chi connectivity index (χ1n) is 4.65. The molecule has 0 aliphatic rings. The lowest BCUT2D eigenvalue weighted by atomic mass is 10.2. The lowest BCUT2D eigenvalue weighted by Gasteiger charge is -2.00. The summed E-state index contributed by atoms with van der Waals surface area (Å²) in [5.74, 6) is 0. The van der Waals surface area contributed by atoms with Crippen LogP contribution >= 0.6 is 0 Å². The van der Waals surface area contributed by atoms with Gasteiger partial charge in [0.2, 0.25) is 0 Å². The fraction of sp³-hybridized carbons (Fsp3) is 0.0833. The van der Waals surface area contributed by atoms with E-state index in [0.29, 0.717) is 5.56 Å². The largest absolute Gasteiger partial charge is 0.298 e. The molecule has 0 aliphatic heterocycles. The second-order valence-corrected chi connectivity index (χ2v) is 3.26. The maximum Gasteiger partial charge on any atom is 0.151 e. The van der Waals surface area contributed by atoms with E-state index in [2.05, 4.69) is 9.97 Å². The van der Waals surface area contributed by atoms with Crippen LogP contribution in [0.3, 0.4) is 0 Å². The van der Waals surface area contributed by atoms with Crippen LogP contribution in [0.2, 0.25) is 0 Å². The lowest BCUT2D eigenvalue weighted by molar-refractivity contribution is 0.112. The van der Waals surface area contributed by atoms with Crippen LogP contribution in [-0.2, 0) is 0 Å². The van der Waals surface area contributed by atoms with Crippen molar-refractivity contribution in [1.29, 1.82) is 0 Å². The van der Waals surface area contributed by atoms with Crippen molar-refractivity contribution in [3.05, 3.63) is 47.8 Å². The van der Waals surface area contributed by atoms with Crippen molar-refractivity contribution in [2.24, 2.45) is 0 Å². The van der Waals surface area contributed by atoms with Crippen molar-refractivity contribution >= 4 is 6.29 Å². The van der Waals surface area contributed by atoms with Crippen molar-refractivity contribution in [3.8, 4) is 11.4 Å². The molecule has 0 aromatic carbocycles. The molecule has 0 atom stereocenters. The summed E-state index contributed by atoms with van der Waals surface area (Å²) in [5.41, 5.74) is 3.14. The van der Waals surface area contributed by atoms with Gasteiger partial charge >= 0.3 is 0 Å². The highest BCUT2D eigenvalue weighted by molar-refractivity contribution is 5.74. The van der Waals surface area contributed by atoms with Crippen LogP contribution in [0.5, 0.6) is 0 Å². The minimum atomic E-state index is 0.575. The molecule has 0 saturated carbocycles. The molecule has 0 bridgehead atoms. The molecule has 0 aliphatic carbocycles. The van der Waals surface area contributed by atoms with Gasteiger partial charge in [-0.2, -0.15) is 0 Å². The highest BCUT2D eigenvalue weighted by Gasteiger charge is 2.00. The third kappa shape index (κ3) is 2.07. The van der Waals surface area contributed by atoms with E-state index in [0.717, 1.165) is 23.4 Å². The van der Waals surface area contributed by atoms with Crippen LogP contribution in [0.4, 0.5) is 0 Å². The Bertz CT molecular complexity index is 477. The van der Waals surface area contributed by atoms with E-state index in [1.165, 1.54) is 0 Å². The fourth-order valence-electron chi connectivity index (χ4n) is 1.31. The Labute approximate surface area is 87.8 Å². The van der Waals surface area contributed by atoms with Crippen LogP contribution in [0, 0.1) is 6.92 Å². The van der Waals surface area contributed by atoms with Gasteiger partial charge in [0.25, 0.3) is 0 Å². The van der Waals surface area contributed by atoms with Crippen molar-refractivity contribution in [2.75, 3.05) is 0 Å². The minimum Gasteiger partial charge on any atom is -0.298 e. The van der Waals surface area contributed by atoms with Gasteiger partial charge in [-0.25, -0.2) is 0 Å². The lowest BCUT2D eigenvalue weighted by Crippen LogP contribution is -1.90. The smallest absolute Gasteiger partial charge is 0.151 e. The molecule has 0 amide bonds. The molecule has 0 fully saturated rings. The topological polar surface area (TPSA) is 42.9 Å². The summed E-state index contributed by atoms with van der Waals surface area (Å²) >= 11 is 0. The Balaban J connectivity index is 2.41. The first kappa shape index (κ1) is 9.52. The number of hydrogen-bond acceptors (Lipinski definition) is 3. The van der Waals surface area contributed by atoms with Crippen molar-refractivity contribution in [3.63, 3.8) is 0 Å². The molecule has 0 radical (unpaired) electrons. The SMILES string of the molecule is Cc1cccc(-c2ccc(C=O)cn2)n1. The third-order valence-corrected chi connectivity index (χ3v) is 2.07. The van der Waals surface area contributed by atoms with Crippen LogP contribution in [-0.4, -0.2) is 16.3 Å². The first-order chi connectivity index (χ1) is 7.29. The molecule has 2 rings (SSSR count). The predicted octanol–water partition coefficient (Wildman–Crippen LogP) is 2.26. The van der Waals surface area contributed by atoms with E-state index in [1.54, 1.807) is 18.3 Å². The number of nitrogens with zero attached hydrogens (tertiary/aromatic N) is 2.